The van der Waals surface area contributed by atoms with Gasteiger partial charge in [-0.05, 0) is 6.08 Å². The zero-order chi connectivity index (χ0) is 8.48. The maximum absolute atomic E-state index is 12.4. The van der Waals surface area contributed by atoms with Gasteiger partial charge in [-0.1, -0.05) is 6.58 Å². The third-order valence-corrected chi connectivity index (χ3v) is 1.65. The number of carbonyl (C=O) groups excluding carboxylic acids is 1. The number of halogens is 2. The van der Waals surface area contributed by atoms with E-state index in [-0.39, 0.29) is 5.78 Å². The molecule has 0 saturated carbocycles. The van der Waals surface area contributed by atoms with Crippen molar-refractivity contribution in [2.75, 3.05) is 6.54 Å². The Kier molecular flexibility index (Phi) is 2.04. The molecule has 0 radical (unpaired) electrons. The van der Waals surface area contributed by atoms with E-state index in [4.69, 9.17) is 0 Å². The first-order valence-electron chi connectivity index (χ1n) is 3.33. The van der Waals surface area contributed by atoms with Gasteiger partial charge >= 0.3 is 0 Å². The van der Waals surface area contributed by atoms with Gasteiger partial charge in [-0.3, -0.25) is 4.79 Å². The first kappa shape index (κ1) is 8.33. The normalized spacial score (nSPS) is 28.4. The maximum atomic E-state index is 12.4. The van der Waals surface area contributed by atoms with E-state index < -0.39 is 24.9 Å². The Morgan fingerprint density at radius 3 is 2.73 bits per heavy atom. The molecule has 1 aliphatic rings. The molecule has 0 bridgehead atoms. The molecule has 0 aromatic heterocycles. The SMILES string of the molecule is C=CC(=O)C1CC(F)(F)CN1. The summed E-state index contributed by atoms with van der Waals surface area (Å²) in [5, 5.41) is 2.43. The van der Waals surface area contributed by atoms with Gasteiger partial charge in [0, 0.05) is 6.42 Å². The Morgan fingerprint density at radius 1 is 1.73 bits per heavy atom. The van der Waals surface area contributed by atoms with E-state index in [9.17, 15) is 13.6 Å². The van der Waals surface area contributed by atoms with Crippen molar-refractivity contribution in [3.05, 3.63) is 12.7 Å². The van der Waals surface area contributed by atoms with Crippen LogP contribution in [0.1, 0.15) is 6.42 Å². The smallest absolute Gasteiger partial charge is 0.262 e. The number of nitrogens with one attached hydrogen (secondary N) is 1. The van der Waals surface area contributed by atoms with Gasteiger partial charge in [0.25, 0.3) is 5.92 Å². The Bertz CT molecular complexity index is 191. The minimum Gasteiger partial charge on any atom is -0.301 e. The van der Waals surface area contributed by atoms with Gasteiger partial charge in [-0.15, -0.1) is 0 Å². The fourth-order valence-electron chi connectivity index (χ4n) is 1.06. The van der Waals surface area contributed by atoms with Crippen LogP contribution in [0.15, 0.2) is 12.7 Å². The Hall–Kier alpha value is -0.770. The van der Waals surface area contributed by atoms with E-state index >= 15 is 0 Å². The molecule has 0 spiro atoms. The molecule has 2 nitrogen and oxygen atoms in total. The number of hydrogen-bond donors (Lipinski definition) is 1. The minimum atomic E-state index is -2.73. The quantitative estimate of drug-likeness (QED) is 0.605. The fourth-order valence-corrected chi connectivity index (χ4v) is 1.06. The lowest BCUT2D eigenvalue weighted by Crippen LogP contribution is -2.28. The summed E-state index contributed by atoms with van der Waals surface area (Å²) in [4.78, 5) is 10.8. The second-order valence-corrected chi connectivity index (χ2v) is 2.60. The first-order valence-corrected chi connectivity index (χ1v) is 3.33. The molecule has 1 atom stereocenters. The van der Waals surface area contributed by atoms with Crippen LogP contribution in [0.4, 0.5) is 8.78 Å². The molecule has 1 saturated heterocycles. The van der Waals surface area contributed by atoms with Crippen molar-refractivity contribution in [3.63, 3.8) is 0 Å². The van der Waals surface area contributed by atoms with Crippen LogP contribution in [-0.2, 0) is 4.79 Å². The van der Waals surface area contributed by atoms with Crippen LogP contribution in [0.5, 0.6) is 0 Å². The lowest BCUT2D eigenvalue weighted by molar-refractivity contribution is -0.116. The molecule has 62 valence electrons. The Labute approximate surface area is 63.3 Å². The summed E-state index contributed by atoms with van der Waals surface area (Å²) in [7, 11) is 0. The summed E-state index contributed by atoms with van der Waals surface area (Å²) in [5.41, 5.74) is 0. The van der Waals surface area contributed by atoms with Crippen LogP contribution in [0, 0.1) is 0 Å². The first-order chi connectivity index (χ1) is 5.05. The van der Waals surface area contributed by atoms with Crippen molar-refractivity contribution in [2.24, 2.45) is 0 Å². The predicted octanol–water partition coefficient (Wildman–Crippen LogP) is 0.739. The molecular formula is C7H9F2NO. The van der Waals surface area contributed by atoms with E-state index in [1.54, 1.807) is 0 Å². The molecule has 0 aromatic carbocycles. The molecule has 1 aliphatic heterocycles. The lowest BCUT2D eigenvalue weighted by atomic mass is 10.1. The second-order valence-electron chi connectivity index (χ2n) is 2.60. The van der Waals surface area contributed by atoms with E-state index in [2.05, 4.69) is 11.9 Å². The Balaban J connectivity index is 2.54. The third-order valence-electron chi connectivity index (χ3n) is 1.65. The van der Waals surface area contributed by atoms with Gasteiger partial charge in [0.15, 0.2) is 5.78 Å². The summed E-state index contributed by atoms with van der Waals surface area (Å²) >= 11 is 0. The van der Waals surface area contributed by atoms with Gasteiger partial charge in [0.2, 0.25) is 0 Å². The summed E-state index contributed by atoms with van der Waals surface area (Å²) in [6.45, 7) is 2.81. The highest BCUT2D eigenvalue weighted by Gasteiger charge is 2.41. The van der Waals surface area contributed by atoms with E-state index in [0.29, 0.717) is 0 Å². The molecule has 4 heteroatoms. The molecule has 1 N–H and O–H groups in total. The van der Waals surface area contributed by atoms with Gasteiger partial charge in [0.1, 0.15) is 0 Å². The zero-order valence-corrected chi connectivity index (χ0v) is 5.94. The number of hydrogen-bond acceptors (Lipinski definition) is 2. The molecule has 1 fully saturated rings. The number of rotatable bonds is 2. The predicted molar refractivity (Wildman–Crippen MR) is 36.6 cm³/mol. The van der Waals surface area contributed by atoms with E-state index in [1.807, 2.05) is 0 Å². The van der Waals surface area contributed by atoms with Gasteiger partial charge in [0.05, 0.1) is 12.6 Å². The summed E-state index contributed by atoms with van der Waals surface area (Å²) < 4.78 is 24.9. The summed E-state index contributed by atoms with van der Waals surface area (Å²) in [6.07, 6.45) is 0.664. The average molecular weight is 161 g/mol. The lowest BCUT2D eigenvalue weighted by Gasteiger charge is -2.05. The van der Waals surface area contributed by atoms with Crippen molar-refractivity contribution in [2.45, 2.75) is 18.4 Å². The van der Waals surface area contributed by atoms with Crippen molar-refractivity contribution in [1.82, 2.24) is 5.32 Å². The van der Waals surface area contributed by atoms with Gasteiger partial charge in [-0.2, -0.15) is 0 Å². The van der Waals surface area contributed by atoms with Crippen molar-refractivity contribution in [1.29, 1.82) is 0 Å². The van der Waals surface area contributed by atoms with Crippen molar-refractivity contribution >= 4 is 5.78 Å². The summed E-state index contributed by atoms with van der Waals surface area (Å²) in [6, 6.07) is -0.734. The number of carbonyl (C=O) groups is 1. The van der Waals surface area contributed by atoms with Crippen LogP contribution in [0.2, 0.25) is 0 Å². The van der Waals surface area contributed by atoms with E-state index in [1.165, 1.54) is 0 Å². The van der Waals surface area contributed by atoms with Crippen LogP contribution in [0.3, 0.4) is 0 Å². The third kappa shape index (κ3) is 1.83. The zero-order valence-electron chi connectivity index (χ0n) is 5.94. The molecule has 1 rings (SSSR count). The number of alkyl halides is 2. The largest absolute Gasteiger partial charge is 0.301 e. The Morgan fingerprint density at radius 2 is 2.36 bits per heavy atom. The molecule has 1 heterocycles. The molecule has 0 aliphatic carbocycles. The van der Waals surface area contributed by atoms with Crippen LogP contribution >= 0.6 is 0 Å². The van der Waals surface area contributed by atoms with Gasteiger partial charge < -0.3 is 5.32 Å². The minimum absolute atomic E-state index is 0.359. The highest BCUT2D eigenvalue weighted by Crippen LogP contribution is 2.25. The standard InChI is InChI=1S/C7H9F2NO/c1-2-6(11)5-3-7(8,9)4-10-5/h2,5,10H,1,3-4H2. The molecular weight excluding hydrogens is 152 g/mol. The van der Waals surface area contributed by atoms with Crippen LogP contribution in [-0.4, -0.2) is 24.3 Å². The van der Waals surface area contributed by atoms with Crippen LogP contribution in [0.25, 0.3) is 0 Å². The van der Waals surface area contributed by atoms with E-state index in [0.717, 1.165) is 6.08 Å². The van der Waals surface area contributed by atoms with Crippen molar-refractivity contribution in [3.8, 4) is 0 Å². The topological polar surface area (TPSA) is 29.1 Å². The summed E-state index contributed by atoms with van der Waals surface area (Å²) in [5.74, 6) is -3.09. The number of ketones is 1. The molecule has 1 unspecified atom stereocenters. The average Bonchev–Trinajstić information content (AvgIpc) is 2.29. The molecule has 0 aromatic rings. The highest BCUT2D eigenvalue weighted by molar-refractivity contribution is 5.94. The maximum Gasteiger partial charge on any atom is 0.262 e. The van der Waals surface area contributed by atoms with Crippen LogP contribution < -0.4 is 5.32 Å². The van der Waals surface area contributed by atoms with Gasteiger partial charge in [-0.25, -0.2) is 8.78 Å². The molecule has 11 heavy (non-hydrogen) atoms. The van der Waals surface area contributed by atoms with Crippen molar-refractivity contribution < 1.29 is 13.6 Å². The molecule has 0 amide bonds. The highest BCUT2D eigenvalue weighted by atomic mass is 19.3. The second kappa shape index (κ2) is 2.70. The fraction of sp³-hybridized carbons (Fsp3) is 0.571. The monoisotopic (exact) mass is 161 g/mol.